The average molecular weight is 314 g/mol. The van der Waals surface area contributed by atoms with Crippen molar-refractivity contribution in [3.8, 4) is 11.8 Å². The van der Waals surface area contributed by atoms with Gasteiger partial charge in [0.2, 0.25) is 5.91 Å². The van der Waals surface area contributed by atoms with Crippen LogP contribution in [0.3, 0.4) is 0 Å². The second-order valence-corrected chi connectivity index (χ2v) is 6.35. The zero-order valence-electron chi connectivity index (χ0n) is 13.1. The van der Waals surface area contributed by atoms with Gasteiger partial charge in [-0.1, -0.05) is 12.1 Å². The second-order valence-electron chi connectivity index (χ2n) is 5.13. The number of benzene rings is 1. The van der Waals surface area contributed by atoms with E-state index >= 15 is 0 Å². The average Bonchev–Trinajstić information content (AvgIpc) is 2.73. The van der Waals surface area contributed by atoms with Gasteiger partial charge in [0.25, 0.3) is 0 Å². The van der Waals surface area contributed by atoms with Crippen molar-refractivity contribution >= 4 is 22.2 Å². The molecule has 0 spiro atoms. The molecule has 0 unspecified atom stereocenters. The lowest BCUT2D eigenvalue weighted by Crippen LogP contribution is -2.14. The molecule has 0 saturated heterocycles. The number of amides is 1. The molecule has 0 aliphatic heterocycles. The molecule has 0 fully saturated rings. The third-order valence-electron chi connectivity index (χ3n) is 3.57. The van der Waals surface area contributed by atoms with Gasteiger partial charge in [0.15, 0.2) is 0 Å². The van der Waals surface area contributed by atoms with E-state index in [4.69, 9.17) is 4.74 Å². The molecule has 0 bridgehead atoms. The van der Waals surface area contributed by atoms with E-state index < -0.39 is 0 Å². The Hall–Kier alpha value is -2.32. The van der Waals surface area contributed by atoms with Crippen molar-refractivity contribution in [3.63, 3.8) is 0 Å². The van der Waals surface area contributed by atoms with E-state index in [0.717, 1.165) is 27.3 Å². The molecule has 5 heteroatoms. The van der Waals surface area contributed by atoms with E-state index in [0.29, 0.717) is 10.6 Å². The Balaban J connectivity index is 2.12. The first-order valence-corrected chi connectivity index (χ1v) is 7.71. The summed E-state index contributed by atoms with van der Waals surface area (Å²) in [6.45, 7) is 5.79. The van der Waals surface area contributed by atoms with Gasteiger partial charge in [-0.15, -0.1) is 11.3 Å². The SMILES string of the molecule is COc1ccc(CC(=O)Nc2sc(C)c(C)c2C#N)cc1C. The van der Waals surface area contributed by atoms with Gasteiger partial charge in [0.05, 0.1) is 19.1 Å². The minimum absolute atomic E-state index is 0.123. The molecule has 1 heterocycles. The quantitative estimate of drug-likeness (QED) is 0.935. The Labute approximate surface area is 134 Å². The third-order valence-corrected chi connectivity index (χ3v) is 4.70. The fraction of sp³-hybridized carbons (Fsp3) is 0.294. The van der Waals surface area contributed by atoms with Crippen molar-refractivity contribution in [2.75, 3.05) is 12.4 Å². The number of aryl methyl sites for hydroxylation is 2. The second kappa shape index (κ2) is 6.63. The monoisotopic (exact) mass is 314 g/mol. The van der Waals surface area contributed by atoms with Crippen LogP contribution in [0, 0.1) is 32.1 Å². The van der Waals surface area contributed by atoms with Gasteiger partial charge in [0, 0.05) is 4.88 Å². The van der Waals surface area contributed by atoms with Crippen molar-refractivity contribution < 1.29 is 9.53 Å². The number of carbonyl (C=O) groups excluding carboxylic acids is 1. The number of methoxy groups -OCH3 is 1. The van der Waals surface area contributed by atoms with Gasteiger partial charge in [-0.3, -0.25) is 4.79 Å². The first-order chi connectivity index (χ1) is 10.5. The zero-order valence-corrected chi connectivity index (χ0v) is 13.9. The maximum absolute atomic E-state index is 12.2. The predicted molar refractivity (Wildman–Crippen MR) is 88.6 cm³/mol. The van der Waals surface area contributed by atoms with Crippen molar-refractivity contribution in [2.45, 2.75) is 27.2 Å². The molecule has 0 atom stereocenters. The highest BCUT2D eigenvalue weighted by Gasteiger charge is 2.15. The minimum atomic E-state index is -0.123. The minimum Gasteiger partial charge on any atom is -0.496 e. The van der Waals surface area contributed by atoms with Crippen molar-refractivity contribution in [3.05, 3.63) is 45.3 Å². The van der Waals surface area contributed by atoms with Crippen molar-refractivity contribution in [2.24, 2.45) is 0 Å². The lowest BCUT2D eigenvalue weighted by atomic mass is 10.1. The molecule has 1 N–H and O–H groups in total. The van der Waals surface area contributed by atoms with Gasteiger partial charge in [-0.05, 0) is 43.5 Å². The largest absolute Gasteiger partial charge is 0.496 e. The Morgan fingerprint density at radius 1 is 1.36 bits per heavy atom. The Bertz CT molecular complexity index is 757. The Morgan fingerprint density at radius 3 is 2.68 bits per heavy atom. The summed E-state index contributed by atoms with van der Waals surface area (Å²) in [5.41, 5.74) is 3.40. The number of anilines is 1. The van der Waals surface area contributed by atoms with Crippen LogP contribution < -0.4 is 10.1 Å². The molecular weight excluding hydrogens is 296 g/mol. The summed E-state index contributed by atoms with van der Waals surface area (Å²) < 4.78 is 5.21. The number of nitrogens with zero attached hydrogens (tertiary/aromatic N) is 1. The summed E-state index contributed by atoms with van der Waals surface area (Å²) in [6.07, 6.45) is 0.270. The Morgan fingerprint density at radius 2 is 2.09 bits per heavy atom. The molecular formula is C17H18N2O2S. The van der Waals surface area contributed by atoms with E-state index in [2.05, 4.69) is 11.4 Å². The molecule has 0 radical (unpaired) electrons. The van der Waals surface area contributed by atoms with Crippen LogP contribution in [0.1, 0.15) is 27.1 Å². The number of thiophene rings is 1. The highest BCUT2D eigenvalue weighted by molar-refractivity contribution is 7.16. The first-order valence-electron chi connectivity index (χ1n) is 6.89. The molecule has 1 amide bonds. The van der Waals surface area contributed by atoms with E-state index in [-0.39, 0.29) is 12.3 Å². The molecule has 22 heavy (non-hydrogen) atoms. The predicted octanol–water partition coefficient (Wildman–Crippen LogP) is 3.73. The topological polar surface area (TPSA) is 62.1 Å². The van der Waals surface area contributed by atoms with E-state index in [1.807, 2.05) is 39.0 Å². The Kier molecular flexibility index (Phi) is 4.84. The van der Waals surface area contributed by atoms with Crippen LogP contribution in [0.5, 0.6) is 5.75 Å². The molecule has 1 aromatic heterocycles. The number of hydrogen-bond acceptors (Lipinski definition) is 4. The molecule has 0 aliphatic carbocycles. The number of hydrogen-bond donors (Lipinski definition) is 1. The van der Waals surface area contributed by atoms with E-state index in [1.165, 1.54) is 11.3 Å². The van der Waals surface area contributed by atoms with Crippen LogP contribution in [-0.2, 0) is 11.2 Å². The van der Waals surface area contributed by atoms with Gasteiger partial charge < -0.3 is 10.1 Å². The van der Waals surface area contributed by atoms with Crippen LogP contribution in [0.2, 0.25) is 0 Å². The van der Waals surface area contributed by atoms with Gasteiger partial charge in [-0.25, -0.2) is 0 Å². The van der Waals surface area contributed by atoms with E-state index in [9.17, 15) is 10.1 Å². The molecule has 4 nitrogen and oxygen atoms in total. The molecule has 0 saturated carbocycles. The highest BCUT2D eigenvalue weighted by Crippen LogP contribution is 2.31. The van der Waals surface area contributed by atoms with Crippen molar-refractivity contribution in [1.82, 2.24) is 0 Å². The van der Waals surface area contributed by atoms with Gasteiger partial charge in [0.1, 0.15) is 16.8 Å². The third kappa shape index (κ3) is 3.29. The molecule has 1 aromatic carbocycles. The summed E-state index contributed by atoms with van der Waals surface area (Å²) in [5.74, 6) is 0.683. The standard InChI is InChI=1S/C17H18N2O2S/c1-10-7-13(5-6-15(10)21-4)8-16(20)19-17-14(9-18)11(2)12(3)22-17/h5-7H,8H2,1-4H3,(H,19,20). The maximum Gasteiger partial charge on any atom is 0.229 e. The molecule has 114 valence electrons. The van der Waals surface area contributed by atoms with Crippen LogP contribution in [-0.4, -0.2) is 13.0 Å². The van der Waals surface area contributed by atoms with E-state index in [1.54, 1.807) is 7.11 Å². The summed E-state index contributed by atoms with van der Waals surface area (Å²) in [6, 6.07) is 7.83. The fourth-order valence-corrected chi connectivity index (χ4v) is 3.28. The summed E-state index contributed by atoms with van der Waals surface area (Å²) in [4.78, 5) is 13.2. The van der Waals surface area contributed by atoms with Gasteiger partial charge >= 0.3 is 0 Å². The van der Waals surface area contributed by atoms with Crippen LogP contribution >= 0.6 is 11.3 Å². The highest BCUT2D eigenvalue weighted by atomic mass is 32.1. The number of nitrogens with one attached hydrogen (secondary N) is 1. The summed E-state index contributed by atoms with van der Waals surface area (Å²) in [5, 5.41) is 12.7. The molecule has 2 aromatic rings. The maximum atomic E-state index is 12.2. The summed E-state index contributed by atoms with van der Waals surface area (Å²) in [7, 11) is 1.62. The van der Waals surface area contributed by atoms with Crippen LogP contribution in [0.4, 0.5) is 5.00 Å². The lowest BCUT2D eigenvalue weighted by molar-refractivity contribution is -0.115. The van der Waals surface area contributed by atoms with Crippen LogP contribution in [0.15, 0.2) is 18.2 Å². The fourth-order valence-electron chi connectivity index (χ4n) is 2.26. The smallest absolute Gasteiger partial charge is 0.229 e. The number of ether oxygens (including phenoxy) is 1. The zero-order chi connectivity index (χ0) is 16.3. The number of carbonyl (C=O) groups is 1. The normalized spacial score (nSPS) is 10.1. The number of nitriles is 1. The molecule has 2 rings (SSSR count). The van der Waals surface area contributed by atoms with Crippen LogP contribution in [0.25, 0.3) is 0 Å². The van der Waals surface area contributed by atoms with Crippen molar-refractivity contribution in [1.29, 1.82) is 5.26 Å². The van der Waals surface area contributed by atoms with Gasteiger partial charge in [-0.2, -0.15) is 5.26 Å². The summed E-state index contributed by atoms with van der Waals surface area (Å²) >= 11 is 1.44. The number of rotatable bonds is 4. The first kappa shape index (κ1) is 16.1. The lowest BCUT2D eigenvalue weighted by Gasteiger charge is -2.08. The molecule has 0 aliphatic rings.